The van der Waals surface area contributed by atoms with Gasteiger partial charge in [-0.05, 0) is 50.2 Å². The molecule has 4 aromatic rings. The van der Waals surface area contributed by atoms with E-state index in [9.17, 15) is 4.79 Å². The van der Waals surface area contributed by atoms with Crippen molar-refractivity contribution in [2.24, 2.45) is 0 Å². The molecule has 1 aromatic carbocycles. The van der Waals surface area contributed by atoms with Gasteiger partial charge >= 0.3 is 0 Å². The van der Waals surface area contributed by atoms with Gasteiger partial charge in [-0.25, -0.2) is 4.98 Å². The average Bonchev–Trinajstić information content (AvgIpc) is 3.65. The molecule has 1 amide bonds. The predicted octanol–water partition coefficient (Wildman–Crippen LogP) is 4.56. The van der Waals surface area contributed by atoms with Crippen LogP contribution in [0.4, 0.5) is 0 Å². The number of thioether (sulfide) groups is 1. The Labute approximate surface area is 216 Å². The minimum atomic E-state index is -0.129. The van der Waals surface area contributed by atoms with Crippen LogP contribution in [-0.2, 0) is 5.75 Å². The van der Waals surface area contributed by atoms with Crippen molar-refractivity contribution in [2.45, 2.75) is 23.8 Å². The molecular weight excluding hydrogens is 502 g/mol. The van der Waals surface area contributed by atoms with Gasteiger partial charge in [-0.15, -0.1) is 21.5 Å². The SMILES string of the molecule is O=C(NCCN1CCCC1)c1csc(CSc2nnc(-c3ccncc3)n2-c2ccccc2Cl)n1. The van der Waals surface area contributed by atoms with Crippen molar-refractivity contribution in [2.75, 3.05) is 26.2 Å². The number of hydrogen-bond donors (Lipinski definition) is 1. The minimum absolute atomic E-state index is 0.129. The van der Waals surface area contributed by atoms with Gasteiger partial charge in [-0.1, -0.05) is 35.5 Å². The monoisotopic (exact) mass is 525 g/mol. The standard InChI is InChI=1S/C24H24ClN7OS2/c25-18-5-1-2-6-20(18)32-22(17-7-9-26-10-8-17)29-30-24(32)35-16-21-28-19(15-34-21)23(33)27-11-14-31-12-3-4-13-31/h1-2,5-10,15H,3-4,11-14,16H2,(H,27,33). The second kappa shape index (κ2) is 11.3. The van der Waals surface area contributed by atoms with Crippen LogP contribution in [-0.4, -0.2) is 61.7 Å². The Morgan fingerprint density at radius 2 is 1.91 bits per heavy atom. The fraction of sp³-hybridized carbons (Fsp3) is 0.292. The van der Waals surface area contributed by atoms with E-state index < -0.39 is 0 Å². The molecule has 0 spiro atoms. The smallest absolute Gasteiger partial charge is 0.270 e. The summed E-state index contributed by atoms with van der Waals surface area (Å²) in [5.74, 6) is 1.11. The molecule has 35 heavy (non-hydrogen) atoms. The maximum absolute atomic E-state index is 12.5. The van der Waals surface area contributed by atoms with Crippen LogP contribution in [0.15, 0.2) is 59.3 Å². The number of nitrogens with zero attached hydrogens (tertiary/aromatic N) is 6. The van der Waals surface area contributed by atoms with Crippen LogP contribution in [0.3, 0.4) is 0 Å². The van der Waals surface area contributed by atoms with Crippen molar-refractivity contribution in [3.8, 4) is 17.1 Å². The third kappa shape index (κ3) is 5.72. The number of para-hydroxylation sites is 1. The van der Waals surface area contributed by atoms with Crippen molar-refractivity contribution < 1.29 is 4.79 Å². The Hall–Kier alpha value is -2.79. The lowest BCUT2D eigenvalue weighted by molar-refractivity contribution is 0.0945. The quantitative estimate of drug-likeness (QED) is 0.320. The first-order valence-electron chi connectivity index (χ1n) is 11.4. The van der Waals surface area contributed by atoms with Crippen molar-refractivity contribution in [3.63, 3.8) is 0 Å². The Morgan fingerprint density at radius 1 is 1.11 bits per heavy atom. The first-order valence-corrected chi connectivity index (χ1v) is 13.6. The Morgan fingerprint density at radius 3 is 2.71 bits per heavy atom. The number of nitrogens with one attached hydrogen (secondary N) is 1. The molecule has 0 radical (unpaired) electrons. The zero-order valence-corrected chi connectivity index (χ0v) is 21.3. The molecule has 1 N–H and O–H groups in total. The van der Waals surface area contributed by atoms with Gasteiger partial charge in [0.05, 0.1) is 16.5 Å². The number of carbonyl (C=O) groups is 1. The summed E-state index contributed by atoms with van der Waals surface area (Å²) in [6.07, 6.45) is 5.94. The highest BCUT2D eigenvalue weighted by molar-refractivity contribution is 7.98. The van der Waals surface area contributed by atoms with E-state index in [1.54, 1.807) is 12.4 Å². The van der Waals surface area contributed by atoms with Crippen LogP contribution < -0.4 is 5.32 Å². The molecule has 11 heteroatoms. The fourth-order valence-corrected chi connectivity index (χ4v) is 5.89. The normalized spacial score (nSPS) is 13.9. The summed E-state index contributed by atoms with van der Waals surface area (Å²) in [6, 6.07) is 11.4. The Kier molecular flexibility index (Phi) is 7.72. The number of hydrogen-bond acceptors (Lipinski definition) is 8. The van der Waals surface area contributed by atoms with Crippen molar-refractivity contribution in [1.29, 1.82) is 0 Å². The van der Waals surface area contributed by atoms with Crippen LogP contribution in [0.25, 0.3) is 17.1 Å². The van der Waals surface area contributed by atoms with Crippen LogP contribution in [0.5, 0.6) is 0 Å². The molecule has 1 saturated heterocycles. The highest BCUT2D eigenvalue weighted by Gasteiger charge is 2.19. The topological polar surface area (TPSA) is 88.8 Å². The van der Waals surface area contributed by atoms with Gasteiger partial charge < -0.3 is 10.2 Å². The molecule has 8 nitrogen and oxygen atoms in total. The number of carbonyl (C=O) groups excluding carboxylic acids is 1. The summed E-state index contributed by atoms with van der Waals surface area (Å²) >= 11 is 9.50. The van der Waals surface area contributed by atoms with Crippen molar-refractivity contribution in [1.82, 2.24) is 34.9 Å². The lowest BCUT2D eigenvalue weighted by atomic mass is 10.2. The number of amides is 1. The van der Waals surface area contributed by atoms with E-state index in [1.165, 1.54) is 35.9 Å². The van der Waals surface area contributed by atoms with E-state index >= 15 is 0 Å². The summed E-state index contributed by atoms with van der Waals surface area (Å²) in [6.45, 7) is 3.76. The van der Waals surface area contributed by atoms with Crippen LogP contribution in [0, 0.1) is 0 Å². The molecule has 3 aromatic heterocycles. The summed E-state index contributed by atoms with van der Waals surface area (Å²) in [5.41, 5.74) is 2.14. The highest BCUT2D eigenvalue weighted by atomic mass is 35.5. The predicted molar refractivity (Wildman–Crippen MR) is 139 cm³/mol. The third-order valence-corrected chi connectivity index (χ3v) is 7.98. The molecule has 0 atom stereocenters. The van der Waals surface area contributed by atoms with Crippen LogP contribution in [0.1, 0.15) is 28.3 Å². The largest absolute Gasteiger partial charge is 0.349 e. The van der Waals surface area contributed by atoms with Gasteiger partial charge in [0.1, 0.15) is 10.7 Å². The Bertz CT molecular complexity index is 1290. The maximum Gasteiger partial charge on any atom is 0.270 e. The van der Waals surface area contributed by atoms with E-state index in [0.29, 0.717) is 34.0 Å². The lowest BCUT2D eigenvalue weighted by Crippen LogP contribution is -2.33. The van der Waals surface area contributed by atoms with E-state index in [4.69, 9.17) is 11.6 Å². The molecule has 0 saturated carbocycles. The summed E-state index contributed by atoms with van der Waals surface area (Å²) < 4.78 is 1.95. The molecule has 1 aliphatic heterocycles. The third-order valence-electron chi connectivity index (χ3n) is 5.69. The first-order chi connectivity index (χ1) is 17.2. The zero-order valence-electron chi connectivity index (χ0n) is 18.9. The Balaban J connectivity index is 1.29. The molecule has 5 rings (SSSR count). The molecule has 0 aliphatic carbocycles. The number of halogens is 1. The van der Waals surface area contributed by atoms with Gasteiger partial charge in [-0.2, -0.15) is 0 Å². The first kappa shape index (κ1) is 23.9. The van der Waals surface area contributed by atoms with Gasteiger partial charge in [0, 0.05) is 36.4 Å². The zero-order chi connectivity index (χ0) is 24.0. The van der Waals surface area contributed by atoms with E-state index in [1.807, 2.05) is 46.3 Å². The summed E-state index contributed by atoms with van der Waals surface area (Å²) in [7, 11) is 0. The number of pyridine rings is 1. The van der Waals surface area contributed by atoms with Crippen LogP contribution >= 0.6 is 34.7 Å². The molecule has 4 heterocycles. The summed E-state index contributed by atoms with van der Waals surface area (Å²) in [4.78, 5) is 23.5. The second-order valence-corrected chi connectivity index (χ2v) is 10.3. The number of thiazole rings is 1. The highest BCUT2D eigenvalue weighted by Crippen LogP contribution is 2.32. The molecule has 180 valence electrons. The molecule has 1 aliphatic rings. The van der Waals surface area contributed by atoms with E-state index in [0.717, 1.165) is 35.9 Å². The average molecular weight is 526 g/mol. The summed E-state index contributed by atoms with van der Waals surface area (Å²) in [5, 5.41) is 15.8. The molecular formula is C24H24ClN7OS2. The van der Waals surface area contributed by atoms with E-state index in [2.05, 4.69) is 30.4 Å². The van der Waals surface area contributed by atoms with Gasteiger partial charge in [-0.3, -0.25) is 14.3 Å². The number of aromatic nitrogens is 5. The van der Waals surface area contributed by atoms with Crippen molar-refractivity contribution >= 4 is 40.6 Å². The molecule has 1 fully saturated rings. The molecule has 0 unspecified atom stereocenters. The van der Waals surface area contributed by atoms with Gasteiger partial charge in [0.25, 0.3) is 5.91 Å². The lowest BCUT2D eigenvalue weighted by Gasteiger charge is -2.14. The number of rotatable bonds is 9. The minimum Gasteiger partial charge on any atom is -0.349 e. The maximum atomic E-state index is 12.5. The van der Waals surface area contributed by atoms with E-state index in [-0.39, 0.29) is 5.91 Å². The number of benzene rings is 1. The van der Waals surface area contributed by atoms with Gasteiger partial charge in [0.15, 0.2) is 11.0 Å². The fourth-order valence-electron chi connectivity index (χ4n) is 3.93. The second-order valence-electron chi connectivity index (χ2n) is 8.05. The van der Waals surface area contributed by atoms with Crippen LogP contribution in [0.2, 0.25) is 5.02 Å². The van der Waals surface area contributed by atoms with Crippen molar-refractivity contribution in [3.05, 3.63) is 69.9 Å². The molecule has 0 bridgehead atoms. The number of likely N-dealkylation sites (tertiary alicyclic amines) is 1. The van der Waals surface area contributed by atoms with Gasteiger partial charge in [0.2, 0.25) is 0 Å².